The van der Waals surface area contributed by atoms with Crippen molar-refractivity contribution in [1.82, 2.24) is 4.90 Å². The third-order valence-corrected chi connectivity index (χ3v) is 4.67. The van der Waals surface area contributed by atoms with Gasteiger partial charge in [-0.1, -0.05) is 47.6 Å². The summed E-state index contributed by atoms with van der Waals surface area (Å²) in [7, 11) is 3.44. The molecule has 0 aliphatic carbocycles. The predicted octanol–water partition coefficient (Wildman–Crippen LogP) is 4.87. The Kier molecular flexibility index (Phi) is 5.50. The SMILES string of the molecule is CN(C)C(=O)Sc1c(C=O)cc(C(C)(C)C)cc1C(C)(C)C. The first-order valence-electron chi connectivity index (χ1n) is 7.41. The van der Waals surface area contributed by atoms with Crippen molar-refractivity contribution in [2.75, 3.05) is 14.1 Å². The summed E-state index contributed by atoms with van der Waals surface area (Å²) in [4.78, 5) is 26.0. The van der Waals surface area contributed by atoms with E-state index in [9.17, 15) is 9.59 Å². The van der Waals surface area contributed by atoms with Crippen molar-refractivity contribution in [2.24, 2.45) is 0 Å². The molecule has 0 N–H and O–H groups in total. The highest BCUT2D eigenvalue weighted by Crippen LogP contribution is 2.38. The first-order chi connectivity index (χ1) is 9.87. The van der Waals surface area contributed by atoms with Gasteiger partial charge < -0.3 is 4.90 Å². The van der Waals surface area contributed by atoms with Gasteiger partial charge in [0, 0.05) is 24.6 Å². The fourth-order valence-corrected chi connectivity index (χ4v) is 3.08. The van der Waals surface area contributed by atoms with E-state index in [4.69, 9.17) is 0 Å². The average molecular weight is 321 g/mol. The second kappa shape index (κ2) is 6.45. The average Bonchev–Trinajstić information content (AvgIpc) is 2.35. The van der Waals surface area contributed by atoms with E-state index in [-0.39, 0.29) is 16.1 Å². The van der Waals surface area contributed by atoms with Crippen LogP contribution in [0.2, 0.25) is 0 Å². The molecule has 0 aliphatic heterocycles. The summed E-state index contributed by atoms with van der Waals surface area (Å²) in [6, 6.07) is 4.05. The minimum atomic E-state index is -0.145. The van der Waals surface area contributed by atoms with Crippen LogP contribution in [-0.2, 0) is 10.8 Å². The van der Waals surface area contributed by atoms with Gasteiger partial charge in [-0.25, -0.2) is 0 Å². The maximum absolute atomic E-state index is 12.1. The van der Waals surface area contributed by atoms with Gasteiger partial charge in [0.2, 0.25) is 0 Å². The molecule has 4 heteroatoms. The summed E-state index contributed by atoms with van der Waals surface area (Å²) in [5.74, 6) is 0. The van der Waals surface area contributed by atoms with Crippen molar-refractivity contribution < 1.29 is 9.59 Å². The number of thioether (sulfide) groups is 1. The van der Waals surface area contributed by atoms with E-state index in [1.165, 1.54) is 4.90 Å². The molecule has 1 rings (SSSR count). The molecule has 0 fully saturated rings. The zero-order valence-corrected chi connectivity index (χ0v) is 15.7. The van der Waals surface area contributed by atoms with Crippen LogP contribution in [-0.4, -0.2) is 30.5 Å². The Balaban J connectivity index is 3.59. The predicted molar refractivity (Wildman–Crippen MR) is 94.2 cm³/mol. The molecule has 0 saturated carbocycles. The van der Waals surface area contributed by atoms with Gasteiger partial charge in [0.05, 0.1) is 0 Å². The number of amides is 1. The van der Waals surface area contributed by atoms with Crippen LogP contribution in [0.5, 0.6) is 0 Å². The van der Waals surface area contributed by atoms with E-state index in [0.29, 0.717) is 5.56 Å². The lowest BCUT2D eigenvalue weighted by Gasteiger charge is -2.28. The molecular weight excluding hydrogens is 294 g/mol. The van der Waals surface area contributed by atoms with Gasteiger partial charge in [-0.2, -0.15) is 0 Å². The lowest BCUT2D eigenvalue weighted by atomic mass is 9.79. The molecule has 1 aromatic rings. The van der Waals surface area contributed by atoms with Crippen molar-refractivity contribution >= 4 is 23.3 Å². The highest BCUT2D eigenvalue weighted by molar-refractivity contribution is 8.13. The minimum Gasteiger partial charge on any atom is -0.339 e. The maximum atomic E-state index is 12.1. The molecule has 0 spiro atoms. The Morgan fingerprint density at radius 1 is 1.05 bits per heavy atom. The molecule has 0 atom stereocenters. The Bertz CT molecular complexity index is 578. The Morgan fingerprint density at radius 2 is 1.59 bits per heavy atom. The number of benzene rings is 1. The summed E-state index contributed by atoms with van der Waals surface area (Å²) in [5, 5.41) is -0.0721. The molecule has 0 bridgehead atoms. The molecule has 0 heterocycles. The molecule has 1 aromatic carbocycles. The van der Waals surface area contributed by atoms with Crippen LogP contribution in [0.15, 0.2) is 17.0 Å². The fraction of sp³-hybridized carbons (Fsp3) is 0.556. The van der Waals surface area contributed by atoms with E-state index >= 15 is 0 Å². The third-order valence-electron chi connectivity index (χ3n) is 3.47. The molecule has 1 amide bonds. The van der Waals surface area contributed by atoms with Gasteiger partial charge in [0.1, 0.15) is 0 Å². The number of hydrogen-bond acceptors (Lipinski definition) is 3. The summed E-state index contributed by atoms with van der Waals surface area (Å²) in [6.45, 7) is 12.7. The van der Waals surface area contributed by atoms with Gasteiger partial charge in [-0.15, -0.1) is 0 Å². The van der Waals surface area contributed by atoms with Crippen LogP contribution in [0.4, 0.5) is 4.79 Å². The van der Waals surface area contributed by atoms with E-state index in [1.54, 1.807) is 14.1 Å². The van der Waals surface area contributed by atoms with Crippen molar-refractivity contribution in [3.05, 3.63) is 28.8 Å². The van der Waals surface area contributed by atoms with Crippen molar-refractivity contribution in [1.29, 1.82) is 0 Å². The van der Waals surface area contributed by atoms with Crippen LogP contribution in [0.3, 0.4) is 0 Å². The summed E-state index contributed by atoms with van der Waals surface area (Å²) >= 11 is 1.13. The summed E-state index contributed by atoms with van der Waals surface area (Å²) in [6.07, 6.45) is 0.857. The molecule has 0 aromatic heterocycles. The van der Waals surface area contributed by atoms with Crippen LogP contribution < -0.4 is 0 Å². The first-order valence-corrected chi connectivity index (χ1v) is 8.23. The Morgan fingerprint density at radius 3 is 1.95 bits per heavy atom. The van der Waals surface area contributed by atoms with Crippen LogP contribution in [0.1, 0.15) is 63.0 Å². The number of aldehydes is 1. The largest absolute Gasteiger partial charge is 0.339 e. The van der Waals surface area contributed by atoms with Gasteiger partial charge >= 0.3 is 0 Å². The molecule has 0 unspecified atom stereocenters. The van der Waals surface area contributed by atoms with Gasteiger partial charge in [0.25, 0.3) is 5.24 Å². The number of nitrogens with zero attached hydrogens (tertiary/aromatic N) is 1. The van der Waals surface area contributed by atoms with E-state index in [1.807, 2.05) is 6.07 Å². The van der Waals surface area contributed by atoms with Crippen LogP contribution in [0.25, 0.3) is 0 Å². The van der Waals surface area contributed by atoms with Gasteiger partial charge in [-0.3, -0.25) is 9.59 Å². The van der Waals surface area contributed by atoms with Crippen LogP contribution >= 0.6 is 11.8 Å². The number of carbonyl (C=O) groups excluding carboxylic acids is 2. The second-order valence-corrected chi connectivity index (χ2v) is 8.78. The lowest BCUT2D eigenvalue weighted by Crippen LogP contribution is -2.21. The summed E-state index contributed by atoms with van der Waals surface area (Å²) < 4.78 is 0. The third kappa shape index (κ3) is 4.35. The number of rotatable bonds is 2. The highest BCUT2D eigenvalue weighted by Gasteiger charge is 2.26. The quantitative estimate of drug-likeness (QED) is 0.576. The molecule has 122 valence electrons. The van der Waals surface area contributed by atoms with Gasteiger partial charge in [0.15, 0.2) is 6.29 Å². The Labute approximate surface area is 138 Å². The number of hydrogen-bond donors (Lipinski definition) is 0. The van der Waals surface area contributed by atoms with Crippen molar-refractivity contribution in [3.63, 3.8) is 0 Å². The van der Waals surface area contributed by atoms with E-state index < -0.39 is 0 Å². The molecule has 22 heavy (non-hydrogen) atoms. The molecule has 3 nitrogen and oxygen atoms in total. The van der Waals surface area contributed by atoms with Crippen molar-refractivity contribution in [2.45, 2.75) is 57.3 Å². The molecule has 0 saturated heterocycles. The monoisotopic (exact) mass is 321 g/mol. The topological polar surface area (TPSA) is 37.4 Å². The zero-order valence-electron chi connectivity index (χ0n) is 14.9. The van der Waals surface area contributed by atoms with E-state index in [0.717, 1.165) is 34.1 Å². The fourth-order valence-electron chi connectivity index (χ4n) is 2.02. The van der Waals surface area contributed by atoms with Crippen molar-refractivity contribution in [3.8, 4) is 0 Å². The van der Waals surface area contributed by atoms with E-state index in [2.05, 4.69) is 47.6 Å². The summed E-state index contributed by atoms with van der Waals surface area (Å²) in [5.41, 5.74) is 2.56. The van der Waals surface area contributed by atoms with Crippen LogP contribution in [0, 0.1) is 0 Å². The molecule has 0 radical (unpaired) electrons. The Hall–Kier alpha value is -1.29. The maximum Gasteiger partial charge on any atom is 0.285 e. The smallest absolute Gasteiger partial charge is 0.285 e. The highest BCUT2D eigenvalue weighted by atomic mass is 32.2. The second-order valence-electron chi connectivity index (χ2n) is 7.82. The molecular formula is C18H27NO2S. The standard InChI is InChI=1S/C18H27NO2S/c1-17(2,3)13-9-12(11-20)15(22-16(21)19(7)8)14(10-13)18(4,5)6/h9-11H,1-8H3. The molecule has 0 aliphatic rings. The lowest BCUT2D eigenvalue weighted by molar-refractivity contribution is 0.112. The normalized spacial score (nSPS) is 12.2. The first kappa shape index (κ1) is 18.8. The van der Waals surface area contributed by atoms with Gasteiger partial charge in [-0.05, 0) is 39.8 Å². The zero-order chi connectivity index (χ0) is 17.3. The minimum absolute atomic E-state index is 0.0491. The number of carbonyl (C=O) groups is 2.